The number of fused-ring (bicyclic) bond motifs is 1. The molecule has 0 amide bonds. The van der Waals surface area contributed by atoms with Crippen molar-refractivity contribution in [3.05, 3.63) is 54.6 Å². The van der Waals surface area contributed by atoms with Crippen molar-refractivity contribution in [1.29, 1.82) is 5.26 Å². The van der Waals surface area contributed by atoms with E-state index in [2.05, 4.69) is 32.3 Å². The zero-order valence-electron chi connectivity index (χ0n) is 15.7. The van der Waals surface area contributed by atoms with E-state index >= 15 is 0 Å². The molecule has 0 aliphatic carbocycles. The number of aromatic nitrogens is 4. The molecule has 0 unspecified atom stereocenters. The summed E-state index contributed by atoms with van der Waals surface area (Å²) in [4.78, 5) is 7.74. The normalized spacial score (nSPS) is 14.7. The third kappa shape index (κ3) is 3.35. The number of hydrogen-bond donors (Lipinski definition) is 2. The molecule has 0 bridgehead atoms. The summed E-state index contributed by atoms with van der Waals surface area (Å²) in [6, 6.07) is 10.1. The van der Waals surface area contributed by atoms with Crippen molar-refractivity contribution >= 4 is 11.0 Å². The van der Waals surface area contributed by atoms with Crippen LogP contribution in [-0.2, 0) is 4.74 Å². The standard InChI is InChI=1S/C22H19N5O2/c23-9-15-7-14(1-2-21(15)29-18-3-5-28-6-4-18)20-13-25-22-19(20)8-16(10-24-22)17-11-26-27-12-17/h1-2,7-8,10-13,18H,3-6H2,(H,24,25)(H,26,27). The first-order valence-electron chi connectivity index (χ1n) is 9.57. The summed E-state index contributed by atoms with van der Waals surface area (Å²) in [7, 11) is 0. The molecule has 0 spiro atoms. The number of nitriles is 1. The lowest BCUT2D eigenvalue weighted by Gasteiger charge is -2.23. The molecule has 1 aliphatic rings. The van der Waals surface area contributed by atoms with Crippen LogP contribution in [0.4, 0.5) is 0 Å². The zero-order valence-corrected chi connectivity index (χ0v) is 15.7. The zero-order chi connectivity index (χ0) is 19.6. The van der Waals surface area contributed by atoms with Gasteiger partial charge >= 0.3 is 0 Å². The molecule has 0 atom stereocenters. The Balaban J connectivity index is 1.51. The van der Waals surface area contributed by atoms with E-state index in [0.717, 1.165) is 46.1 Å². The number of pyridine rings is 1. The Kier molecular flexibility index (Phi) is 4.47. The minimum absolute atomic E-state index is 0.0940. The van der Waals surface area contributed by atoms with Crippen molar-refractivity contribution in [2.75, 3.05) is 13.2 Å². The predicted octanol–water partition coefficient (Wildman–Crippen LogP) is 4.05. The molecule has 29 heavy (non-hydrogen) atoms. The van der Waals surface area contributed by atoms with Crippen LogP contribution in [0.3, 0.4) is 0 Å². The minimum atomic E-state index is 0.0940. The number of hydrogen-bond acceptors (Lipinski definition) is 5. The van der Waals surface area contributed by atoms with E-state index in [0.29, 0.717) is 24.5 Å². The van der Waals surface area contributed by atoms with E-state index in [1.54, 1.807) is 6.20 Å². The quantitative estimate of drug-likeness (QED) is 0.552. The van der Waals surface area contributed by atoms with E-state index in [1.165, 1.54) is 0 Å². The topological polar surface area (TPSA) is 99.6 Å². The molecular weight excluding hydrogens is 366 g/mol. The van der Waals surface area contributed by atoms with Gasteiger partial charge in [0, 0.05) is 53.5 Å². The second kappa shape index (κ2) is 7.41. The summed E-state index contributed by atoms with van der Waals surface area (Å²) in [6.07, 6.45) is 9.13. The smallest absolute Gasteiger partial charge is 0.137 e. The summed E-state index contributed by atoms with van der Waals surface area (Å²) in [5.74, 6) is 0.625. The monoisotopic (exact) mass is 385 g/mol. The molecule has 5 rings (SSSR count). The maximum atomic E-state index is 9.67. The second-order valence-corrected chi connectivity index (χ2v) is 7.06. The van der Waals surface area contributed by atoms with Crippen molar-refractivity contribution in [3.63, 3.8) is 0 Å². The van der Waals surface area contributed by atoms with Gasteiger partial charge in [-0.3, -0.25) is 5.10 Å². The molecular formula is C22H19N5O2. The van der Waals surface area contributed by atoms with Crippen LogP contribution in [0.15, 0.2) is 49.1 Å². The fourth-order valence-corrected chi connectivity index (χ4v) is 3.67. The van der Waals surface area contributed by atoms with Gasteiger partial charge in [-0.1, -0.05) is 6.07 Å². The number of ether oxygens (including phenoxy) is 2. The molecule has 4 aromatic rings. The van der Waals surface area contributed by atoms with Gasteiger partial charge in [-0.2, -0.15) is 10.4 Å². The first kappa shape index (κ1) is 17.5. The molecule has 4 heterocycles. The fraction of sp³-hybridized carbons (Fsp3) is 0.227. The summed E-state index contributed by atoms with van der Waals surface area (Å²) < 4.78 is 11.5. The maximum Gasteiger partial charge on any atom is 0.137 e. The average molecular weight is 385 g/mol. The van der Waals surface area contributed by atoms with Gasteiger partial charge in [0.15, 0.2) is 0 Å². The lowest BCUT2D eigenvalue weighted by atomic mass is 10.0. The molecule has 7 nitrogen and oxygen atoms in total. The van der Waals surface area contributed by atoms with Gasteiger partial charge in [-0.15, -0.1) is 0 Å². The fourth-order valence-electron chi connectivity index (χ4n) is 3.67. The Morgan fingerprint density at radius 2 is 1.97 bits per heavy atom. The Bertz CT molecular complexity index is 1180. The van der Waals surface area contributed by atoms with Gasteiger partial charge in [0.1, 0.15) is 23.6 Å². The van der Waals surface area contributed by atoms with Crippen LogP contribution < -0.4 is 4.74 Å². The van der Waals surface area contributed by atoms with Gasteiger partial charge in [-0.25, -0.2) is 4.98 Å². The van der Waals surface area contributed by atoms with Crippen molar-refractivity contribution in [1.82, 2.24) is 20.2 Å². The van der Waals surface area contributed by atoms with Crippen molar-refractivity contribution < 1.29 is 9.47 Å². The first-order valence-corrected chi connectivity index (χ1v) is 9.57. The number of aromatic amines is 2. The third-order valence-corrected chi connectivity index (χ3v) is 5.24. The highest BCUT2D eigenvalue weighted by Crippen LogP contribution is 2.33. The van der Waals surface area contributed by atoms with Crippen LogP contribution in [0.2, 0.25) is 0 Å². The largest absolute Gasteiger partial charge is 0.489 e. The summed E-state index contributed by atoms with van der Waals surface area (Å²) in [5.41, 5.74) is 5.22. The van der Waals surface area contributed by atoms with E-state index in [-0.39, 0.29) is 6.10 Å². The average Bonchev–Trinajstić information content (AvgIpc) is 3.44. The van der Waals surface area contributed by atoms with Gasteiger partial charge in [0.25, 0.3) is 0 Å². The Morgan fingerprint density at radius 3 is 2.76 bits per heavy atom. The third-order valence-electron chi connectivity index (χ3n) is 5.24. The molecule has 1 aliphatic heterocycles. The van der Waals surface area contributed by atoms with Crippen LogP contribution in [-0.4, -0.2) is 39.5 Å². The van der Waals surface area contributed by atoms with Crippen molar-refractivity contribution in [2.24, 2.45) is 0 Å². The van der Waals surface area contributed by atoms with Crippen molar-refractivity contribution in [3.8, 4) is 34.1 Å². The Hall–Kier alpha value is -3.63. The van der Waals surface area contributed by atoms with E-state index < -0.39 is 0 Å². The Morgan fingerprint density at radius 1 is 1.07 bits per heavy atom. The number of H-pyrrole nitrogens is 2. The minimum Gasteiger partial charge on any atom is -0.489 e. The van der Waals surface area contributed by atoms with Crippen molar-refractivity contribution in [2.45, 2.75) is 18.9 Å². The molecule has 144 valence electrons. The SMILES string of the molecule is N#Cc1cc(-c2c[nH]c3ncc(-c4cn[nH]c4)cc23)ccc1OC1CCOCC1. The van der Waals surface area contributed by atoms with E-state index in [9.17, 15) is 5.26 Å². The van der Waals surface area contributed by atoms with Gasteiger partial charge in [0.2, 0.25) is 0 Å². The predicted molar refractivity (Wildman–Crippen MR) is 108 cm³/mol. The molecule has 3 aromatic heterocycles. The molecule has 0 saturated carbocycles. The number of rotatable bonds is 4. The molecule has 1 saturated heterocycles. The summed E-state index contributed by atoms with van der Waals surface area (Å²) in [5, 5.41) is 17.5. The number of benzene rings is 1. The second-order valence-electron chi connectivity index (χ2n) is 7.06. The lowest BCUT2D eigenvalue weighted by molar-refractivity contribution is 0.0254. The van der Waals surface area contributed by atoms with Gasteiger partial charge in [0.05, 0.1) is 25.0 Å². The summed E-state index contributed by atoms with van der Waals surface area (Å²) in [6.45, 7) is 1.40. The Labute approximate surface area is 167 Å². The number of nitrogens with one attached hydrogen (secondary N) is 2. The highest BCUT2D eigenvalue weighted by Gasteiger charge is 2.18. The van der Waals surface area contributed by atoms with Gasteiger partial charge in [-0.05, 0) is 23.8 Å². The molecule has 0 radical (unpaired) electrons. The highest BCUT2D eigenvalue weighted by molar-refractivity contribution is 5.96. The van der Waals surface area contributed by atoms with Crippen LogP contribution >= 0.6 is 0 Å². The highest BCUT2D eigenvalue weighted by atomic mass is 16.5. The van der Waals surface area contributed by atoms with E-state index in [4.69, 9.17) is 9.47 Å². The van der Waals surface area contributed by atoms with Crippen LogP contribution in [0, 0.1) is 11.3 Å². The summed E-state index contributed by atoms with van der Waals surface area (Å²) >= 11 is 0. The van der Waals surface area contributed by atoms with Crippen LogP contribution in [0.1, 0.15) is 18.4 Å². The molecule has 2 N–H and O–H groups in total. The molecule has 7 heteroatoms. The first-order chi connectivity index (χ1) is 14.3. The van der Waals surface area contributed by atoms with Crippen LogP contribution in [0.5, 0.6) is 5.75 Å². The van der Waals surface area contributed by atoms with Crippen LogP contribution in [0.25, 0.3) is 33.3 Å². The molecule has 1 aromatic carbocycles. The van der Waals surface area contributed by atoms with Gasteiger partial charge < -0.3 is 14.5 Å². The van der Waals surface area contributed by atoms with E-state index in [1.807, 2.05) is 36.8 Å². The maximum absolute atomic E-state index is 9.67. The lowest BCUT2D eigenvalue weighted by Crippen LogP contribution is -2.26. The molecule has 1 fully saturated rings. The number of nitrogens with zero attached hydrogens (tertiary/aromatic N) is 3.